The van der Waals surface area contributed by atoms with Gasteiger partial charge in [-0.05, 0) is 26.3 Å². The minimum Gasteiger partial charge on any atom is -0.355 e. The van der Waals surface area contributed by atoms with E-state index in [1.165, 1.54) is 0 Å². The third-order valence-corrected chi connectivity index (χ3v) is 2.80. The number of rotatable bonds is 8. The molecule has 0 aliphatic carbocycles. The first-order valence-electron chi connectivity index (χ1n) is 6.33. The number of nitrogens with two attached hydrogens (primary N) is 1. The van der Waals surface area contributed by atoms with Crippen molar-refractivity contribution in [3.05, 3.63) is 0 Å². The van der Waals surface area contributed by atoms with Crippen molar-refractivity contribution in [1.29, 1.82) is 0 Å². The zero-order valence-corrected chi connectivity index (χ0v) is 11.8. The van der Waals surface area contributed by atoms with Crippen molar-refractivity contribution in [3.63, 3.8) is 0 Å². The number of hydrogen-bond acceptors (Lipinski definition) is 4. The Morgan fingerprint density at radius 3 is 2.33 bits per heavy atom. The van der Waals surface area contributed by atoms with Crippen molar-refractivity contribution in [3.8, 4) is 0 Å². The van der Waals surface area contributed by atoms with Crippen LogP contribution in [0.2, 0.25) is 0 Å². The van der Waals surface area contributed by atoms with E-state index in [0.717, 1.165) is 0 Å². The van der Waals surface area contributed by atoms with Gasteiger partial charge in [0, 0.05) is 19.0 Å². The highest BCUT2D eigenvalue weighted by atomic mass is 16.2. The van der Waals surface area contributed by atoms with E-state index in [1.807, 2.05) is 18.9 Å². The molecule has 0 spiro atoms. The van der Waals surface area contributed by atoms with Crippen molar-refractivity contribution in [2.75, 3.05) is 20.1 Å². The maximum atomic E-state index is 11.6. The quantitative estimate of drug-likeness (QED) is 0.321. The van der Waals surface area contributed by atoms with Gasteiger partial charge in [-0.25, -0.2) is 5.84 Å². The summed E-state index contributed by atoms with van der Waals surface area (Å²) < 4.78 is 0. The molecular weight excluding hydrogens is 232 g/mol. The van der Waals surface area contributed by atoms with E-state index in [9.17, 15) is 9.59 Å². The minimum absolute atomic E-state index is 0.0151. The first kappa shape index (κ1) is 16.9. The Hall–Kier alpha value is -1.14. The molecule has 18 heavy (non-hydrogen) atoms. The second-order valence-corrected chi connectivity index (χ2v) is 5.07. The molecule has 0 heterocycles. The molecule has 0 bridgehead atoms. The summed E-state index contributed by atoms with van der Waals surface area (Å²) in [6.07, 6.45) is 1.05. The Labute approximate surface area is 109 Å². The van der Waals surface area contributed by atoms with E-state index in [2.05, 4.69) is 24.6 Å². The van der Waals surface area contributed by atoms with Crippen LogP contribution in [0.3, 0.4) is 0 Å². The molecule has 1 atom stereocenters. The average molecular weight is 258 g/mol. The maximum Gasteiger partial charge on any atom is 0.234 e. The van der Waals surface area contributed by atoms with Gasteiger partial charge in [0.15, 0.2) is 0 Å². The van der Waals surface area contributed by atoms with Gasteiger partial charge in [-0.2, -0.15) is 0 Å². The summed E-state index contributed by atoms with van der Waals surface area (Å²) in [6.45, 7) is 7.13. The third kappa shape index (κ3) is 8.03. The lowest BCUT2D eigenvalue weighted by Crippen LogP contribution is -2.41. The van der Waals surface area contributed by atoms with E-state index in [-0.39, 0.29) is 17.9 Å². The normalized spacial score (nSPS) is 12.6. The van der Waals surface area contributed by atoms with Gasteiger partial charge in [-0.1, -0.05) is 13.8 Å². The Morgan fingerprint density at radius 1 is 1.22 bits per heavy atom. The second-order valence-electron chi connectivity index (χ2n) is 5.07. The molecule has 0 aromatic heterocycles. The van der Waals surface area contributed by atoms with Crippen molar-refractivity contribution >= 4 is 11.8 Å². The average Bonchev–Trinajstić information content (AvgIpc) is 2.32. The van der Waals surface area contributed by atoms with E-state index < -0.39 is 0 Å². The lowest BCUT2D eigenvalue weighted by atomic mass is 10.1. The molecule has 0 rings (SSSR count). The topological polar surface area (TPSA) is 87.5 Å². The second kappa shape index (κ2) is 8.88. The predicted molar refractivity (Wildman–Crippen MR) is 71.5 cm³/mol. The van der Waals surface area contributed by atoms with Crippen LogP contribution >= 0.6 is 0 Å². The van der Waals surface area contributed by atoms with Gasteiger partial charge in [0.2, 0.25) is 11.8 Å². The minimum atomic E-state index is -0.181. The molecule has 4 N–H and O–H groups in total. The van der Waals surface area contributed by atoms with Crippen molar-refractivity contribution in [1.82, 2.24) is 15.6 Å². The third-order valence-electron chi connectivity index (χ3n) is 2.80. The van der Waals surface area contributed by atoms with E-state index in [1.54, 1.807) is 0 Å². The van der Waals surface area contributed by atoms with Crippen LogP contribution < -0.4 is 16.6 Å². The summed E-state index contributed by atoms with van der Waals surface area (Å²) in [6, 6.07) is 0.159. The number of likely N-dealkylation sites (N-methyl/N-ethyl adjacent to an activating group) is 1. The molecule has 0 aliphatic heterocycles. The standard InChI is InChI=1S/C12H26N4O2/c1-9(2)7-14-12(18)8-16(4)10(3)5-6-11(17)15-13/h9-10H,5-8,13H2,1-4H3,(H,14,18)(H,15,17). The van der Waals surface area contributed by atoms with Gasteiger partial charge >= 0.3 is 0 Å². The molecular formula is C12H26N4O2. The first-order valence-corrected chi connectivity index (χ1v) is 6.33. The summed E-state index contributed by atoms with van der Waals surface area (Å²) in [5, 5.41) is 2.86. The molecule has 0 saturated carbocycles. The molecule has 6 nitrogen and oxygen atoms in total. The molecule has 0 fully saturated rings. The monoisotopic (exact) mass is 258 g/mol. The summed E-state index contributed by atoms with van der Waals surface area (Å²) in [7, 11) is 1.87. The van der Waals surface area contributed by atoms with Gasteiger partial charge in [-0.3, -0.25) is 19.9 Å². The molecule has 0 aromatic carbocycles. The Bertz CT molecular complexity index is 269. The molecule has 1 unspecified atom stereocenters. The fourth-order valence-electron chi connectivity index (χ4n) is 1.39. The zero-order chi connectivity index (χ0) is 14.1. The lowest BCUT2D eigenvalue weighted by Gasteiger charge is -2.24. The van der Waals surface area contributed by atoms with Crippen molar-refractivity contribution < 1.29 is 9.59 Å². The number of nitrogens with one attached hydrogen (secondary N) is 2. The Kier molecular flexibility index (Phi) is 8.32. The number of hydrazine groups is 1. The highest BCUT2D eigenvalue weighted by molar-refractivity contribution is 5.78. The largest absolute Gasteiger partial charge is 0.355 e. The van der Waals surface area contributed by atoms with Gasteiger partial charge < -0.3 is 5.32 Å². The number of amides is 2. The molecule has 0 radical (unpaired) electrons. The molecule has 0 aromatic rings. The number of hydrogen-bond donors (Lipinski definition) is 3. The smallest absolute Gasteiger partial charge is 0.234 e. The molecule has 106 valence electrons. The van der Waals surface area contributed by atoms with Crippen LogP contribution in [0.4, 0.5) is 0 Å². The van der Waals surface area contributed by atoms with Gasteiger partial charge in [0.05, 0.1) is 6.54 Å². The summed E-state index contributed by atoms with van der Waals surface area (Å²) in [5.74, 6) is 5.29. The number of carbonyl (C=O) groups is 2. The van der Waals surface area contributed by atoms with E-state index in [4.69, 9.17) is 5.84 Å². The highest BCUT2D eigenvalue weighted by Gasteiger charge is 2.14. The van der Waals surface area contributed by atoms with Crippen LogP contribution in [0, 0.1) is 5.92 Å². The van der Waals surface area contributed by atoms with Crippen LogP contribution in [0.1, 0.15) is 33.6 Å². The van der Waals surface area contributed by atoms with Crippen LogP contribution in [0.25, 0.3) is 0 Å². The predicted octanol–water partition coefficient (Wildman–Crippen LogP) is -0.151. The first-order chi connectivity index (χ1) is 8.36. The fourth-order valence-corrected chi connectivity index (χ4v) is 1.39. The Morgan fingerprint density at radius 2 is 1.83 bits per heavy atom. The van der Waals surface area contributed by atoms with Crippen molar-refractivity contribution in [2.45, 2.75) is 39.7 Å². The zero-order valence-electron chi connectivity index (χ0n) is 11.8. The van der Waals surface area contributed by atoms with Crippen LogP contribution in [-0.2, 0) is 9.59 Å². The van der Waals surface area contributed by atoms with Gasteiger partial charge in [0.25, 0.3) is 0 Å². The van der Waals surface area contributed by atoms with Gasteiger partial charge in [0.1, 0.15) is 0 Å². The number of carbonyl (C=O) groups excluding carboxylic acids is 2. The maximum absolute atomic E-state index is 11.6. The fraction of sp³-hybridized carbons (Fsp3) is 0.833. The van der Waals surface area contributed by atoms with Crippen LogP contribution in [0.15, 0.2) is 0 Å². The molecule has 2 amide bonds. The molecule has 6 heteroatoms. The van der Waals surface area contributed by atoms with Gasteiger partial charge in [-0.15, -0.1) is 0 Å². The summed E-state index contributed by atoms with van der Waals surface area (Å²) in [5.41, 5.74) is 2.10. The molecule has 0 saturated heterocycles. The van der Waals surface area contributed by atoms with E-state index >= 15 is 0 Å². The van der Waals surface area contributed by atoms with E-state index in [0.29, 0.717) is 31.8 Å². The lowest BCUT2D eigenvalue weighted by molar-refractivity contribution is -0.122. The SMILES string of the molecule is CC(C)CNC(=O)CN(C)C(C)CCC(=O)NN. The summed E-state index contributed by atoms with van der Waals surface area (Å²) >= 11 is 0. The molecule has 0 aliphatic rings. The Balaban J connectivity index is 3.88. The number of nitrogens with zero attached hydrogens (tertiary/aromatic N) is 1. The van der Waals surface area contributed by atoms with Crippen molar-refractivity contribution in [2.24, 2.45) is 11.8 Å². The summed E-state index contributed by atoms with van der Waals surface area (Å²) in [4.78, 5) is 24.5. The van der Waals surface area contributed by atoms with Crippen LogP contribution in [0.5, 0.6) is 0 Å². The van der Waals surface area contributed by atoms with Crippen LogP contribution in [-0.4, -0.2) is 42.9 Å². The highest BCUT2D eigenvalue weighted by Crippen LogP contribution is 2.03.